The predicted molar refractivity (Wildman–Crippen MR) is 67.5 cm³/mol. The SMILES string of the molecule is CC(O)CSc1ccc(C(C)(C)C)cc1. The third-order valence-electron chi connectivity index (χ3n) is 2.21. The van der Waals surface area contributed by atoms with Gasteiger partial charge in [0.25, 0.3) is 0 Å². The number of thioether (sulfide) groups is 1. The third-order valence-corrected chi connectivity index (χ3v) is 3.47. The zero-order chi connectivity index (χ0) is 11.5. The molecule has 0 saturated heterocycles. The normalized spacial score (nSPS) is 13.9. The lowest BCUT2D eigenvalue weighted by atomic mass is 9.87. The van der Waals surface area contributed by atoms with E-state index in [1.807, 2.05) is 6.92 Å². The van der Waals surface area contributed by atoms with Gasteiger partial charge in [-0.2, -0.15) is 0 Å². The maximum atomic E-state index is 9.18. The van der Waals surface area contributed by atoms with Crippen molar-refractivity contribution in [1.82, 2.24) is 0 Å². The van der Waals surface area contributed by atoms with E-state index in [0.29, 0.717) is 0 Å². The van der Waals surface area contributed by atoms with E-state index in [1.54, 1.807) is 11.8 Å². The van der Waals surface area contributed by atoms with E-state index in [9.17, 15) is 5.11 Å². The van der Waals surface area contributed by atoms with Gasteiger partial charge in [0, 0.05) is 10.6 Å². The molecule has 0 radical (unpaired) electrons. The monoisotopic (exact) mass is 224 g/mol. The van der Waals surface area contributed by atoms with E-state index in [1.165, 1.54) is 10.5 Å². The lowest BCUT2D eigenvalue weighted by molar-refractivity contribution is 0.220. The van der Waals surface area contributed by atoms with Crippen LogP contribution >= 0.6 is 11.8 Å². The fourth-order valence-corrected chi connectivity index (χ4v) is 2.03. The van der Waals surface area contributed by atoms with Crippen LogP contribution in [0, 0.1) is 0 Å². The summed E-state index contributed by atoms with van der Waals surface area (Å²) in [5.41, 5.74) is 1.57. The van der Waals surface area contributed by atoms with Gasteiger partial charge < -0.3 is 5.11 Å². The van der Waals surface area contributed by atoms with Gasteiger partial charge in [-0.15, -0.1) is 11.8 Å². The molecule has 2 heteroatoms. The van der Waals surface area contributed by atoms with Gasteiger partial charge in [-0.25, -0.2) is 0 Å². The second-order valence-corrected chi connectivity index (χ2v) is 6.03. The first-order valence-corrected chi connectivity index (χ1v) is 6.29. The molecule has 0 amide bonds. The quantitative estimate of drug-likeness (QED) is 0.793. The van der Waals surface area contributed by atoms with Crippen molar-refractivity contribution in [1.29, 1.82) is 0 Å². The van der Waals surface area contributed by atoms with Crippen molar-refractivity contribution in [3.05, 3.63) is 29.8 Å². The molecule has 0 aromatic heterocycles. The summed E-state index contributed by atoms with van der Waals surface area (Å²) in [5.74, 6) is 0.759. The summed E-state index contributed by atoms with van der Waals surface area (Å²) in [6, 6.07) is 8.61. The number of aliphatic hydroxyl groups excluding tert-OH is 1. The fraction of sp³-hybridized carbons (Fsp3) is 0.538. The molecule has 0 heterocycles. The standard InChI is InChI=1S/C13H20OS/c1-10(14)9-15-12-7-5-11(6-8-12)13(2,3)4/h5-8,10,14H,9H2,1-4H3. The first kappa shape index (κ1) is 12.6. The minimum absolute atomic E-state index is 0.216. The molecule has 1 unspecified atom stereocenters. The highest BCUT2D eigenvalue weighted by Crippen LogP contribution is 2.25. The molecule has 84 valence electrons. The van der Waals surface area contributed by atoms with E-state index in [0.717, 1.165) is 5.75 Å². The minimum atomic E-state index is -0.239. The molecule has 1 aromatic carbocycles. The predicted octanol–water partition coefficient (Wildman–Crippen LogP) is 3.46. The second-order valence-electron chi connectivity index (χ2n) is 4.93. The summed E-state index contributed by atoms with van der Waals surface area (Å²) in [6.07, 6.45) is -0.239. The number of hydrogen-bond donors (Lipinski definition) is 1. The van der Waals surface area contributed by atoms with Crippen LogP contribution in [0.4, 0.5) is 0 Å². The van der Waals surface area contributed by atoms with E-state index >= 15 is 0 Å². The highest BCUT2D eigenvalue weighted by atomic mass is 32.2. The van der Waals surface area contributed by atoms with Crippen LogP contribution in [0.25, 0.3) is 0 Å². The highest BCUT2D eigenvalue weighted by Gasteiger charge is 2.12. The largest absolute Gasteiger partial charge is 0.393 e. The molecule has 15 heavy (non-hydrogen) atoms. The maximum Gasteiger partial charge on any atom is 0.0606 e. The van der Waals surface area contributed by atoms with E-state index < -0.39 is 0 Å². The zero-order valence-electron chi connectivity index (χ0n) is 9.95. The van der Waals surface area contributed by atoms with Gasteiger partial charge >= 0.3 is 0 Å². The third kappa shape index (κ3) is 4.27. The van der Waals surface area contributed by atoms with E-state index in [2.05, 4.69) is 45.0 Å². The molecule has 0 fully saturated rings. The fourth-order valence-electron chi connectivity index (χ4n) is 1.27. The van der Waals surface area contributed by atoms with Crippen molar-refractivity contribution in [2.75, 3.05) is 5.75 Å². The Morgan fingerprint density at radius 1 is 1.20 bits per heavy atom. The van der Waals surface area contributed by atoms with Gasteiger partial charge in [-0.1, -0.05) is 32.9 Å². The molecular weight excluding hydrogens is 204 g/mol. The Hall–Kier alpha value is -0.470. The maximum absolute atomic E-state index is 9.18. The average molecular weight is 224 g/mol. The minimum Gasteiger partial charge on any atom is -0.393 e. The Morgan fingerprint density at radius 3 is 2.13 bits per heavy atom. The van der Waals surface area contributed by atoms with E-state index in [-0.39, 0.29) is 11.5 Å². The molecular formula is C13H20OS. The lowest BCUT2D eigenvalue weighted by Crippen LogP contribution is -2.10. The van der Waals surface area contributed by atoms with Crippen LogP contribution < -0.4 is 0 Å². The van der Waals surface area contributed by atoms with E-state index in [4.69, 9.17) is 0 Å². The Balaban J connectivity index is 2.65. The number of hydrogen-bond acceptors (Lipinski definition) is 2. The molecule has 0 bridgehead atoms. The smallest absolute Gasteiger partial charge is 0.0606 e. The summed E-state index contributed by atoms with van der Waals surface area (Å²) in [5, 5.41) is 9.18. The summed E-state index contributed by atoms with van der Waals surface area (Å²) < 4.78 is 0. The van der Waals surface area contributed by atoms with Crippen LogP contribution in [0.2, 0.25) is 0 Å². The van der Waals surface area contributed by atoms with Crippen molar-refractivity contribution >= 4 is 11.8 Å². The molecule has 0 saturated carbocycles. The topological polar surface area (TPSA) is 20.2 Å². The van der Waals surface area contributed by atoms with Crippen molar-refractivity contribution in [2.24, 2.45) is 0 Å². The number of aliphatic hydroxyl groups is 1. The second kappa shape index (κ2) is 5.04. The van der Waals surface area contributed by atoms with Crippen LogP contribution in [-0.4, -0.2) is 17.0 Å². The Labute approximate surface area is 96.9 Å². The van der Waals surface area contributed by atoms with Gasteiger partial charge in [0.1, 0.15) is 0 Å². The molecule has 0 aliphatic rings. The van der Waals surface area contributed by atoms with Gasteiger partial charge in [0.2, 0.25) is 0 Å². The first-order valence-electron chi connectivity index (χ1n) is 5.31. The Kier molecular flexibility index (Phi) is 4.23. The van der Waals surface area contributed by atoms with Crippen molar-refractivity contribution in [2.45, 2.75) is 44.1 Å². The molecule has 1 rings (SSSR count). The molecule has 1 atom stereocenters. The molecule has 1 nitrogen and oxygen atoms in total. The van der Waals surface area contributed by atoms with Crippen LogP contribution in [0.5, 0.6) is 0 Å². The van der Waals surface area contributed by atoms with Gasteiger partial charge in [-0.3, -0.25) is 0 Å². The zero-order valence-corrected chi connectivity index (χ0v) is 10.8. The van der Waals surface area contributed by atoms with Crippen LogP contribution in [0.15, 0.2) is 29.2 Å². The lowest BCUT2D eigenvalue weighted by Gasteiger charge is -2.19. The molecule has 0 aliphatic carbocycles. The van der Waals surface area contributed by atoms with Gasteiger partial charge in [0.15, 0.2) is 0 Å². The van der Waals surface area contributed by atoms with Gasteiger partial charge in [0.05, 0.1) is 6.10 Å². The highest BCUT2D eigenvalue weighted by molar-refractivity contribution is 7.99. The Bertz CT molecular complexity index is 295. The van der Waals surface area contributed by atoms with Gasteiger partial charge in [-0.05, 0) is 30.0 Å². The number of rotatable bonds is 3. The first-order chi connectivity index (χ1) is 6.89. The Morgan fingerprint density at radius 2 is 1.73 bits per heavy atom. The summed E-state index contributed by atoms with van der Waals surface area (Å²) in [6.45, 7) is 8.46. The summed E-state index contributed by atoms with van der Waals surface area (Å²) in [7, 11) is 0. The molecule has 0 aliphatic heterocycles. The van der Waals surface area contributed by atoms with Crippen molar-refractivity contribution < 1.29 is 5.11 Å². The molecule has 1 N–H and O–H groups in total. The average Bonchev–Trinajstić information content (AvgIpc) is 2.14. The number of benzene rings is 1. The van der Waals surface area contributed by atoms with Crippen LogP contribution in [0.1, 0.15) is 33.3 Å². The van der Waals surface area contributed by atoms with Crippen molar-refractivity contribution in [3.8, 4) is 0 Å². The molecule has 0 spiro atoms. The summed E-state index contributed by atoms with van der Waals surface area (Å²) in [4.78, 5) is 1.23. The van der Waals surface area contributed by atoms with Crippen LogP contribution in [-0.2, 0) is 5.41 Å². The molecule has 1 aromatic rings. The summed E-state index contributed by atoms with van der Waals surface area (Å²) >= 11 is 1.70. The van der Waals surface area contributed by atoms with Crippen LogP contribution in [0.3, 0.4) is 0 Å². The van der Waals surface area contributed by atoms with Crippen molar-refractivity contribution in [3.63, 3.8) is 0 Å².